The maximum atomic E-state index is 13.0. The van der Waals surface area contributed by atoms with E-state index in [9.17, 15) is 9.59 Å². The van der Waals surface area contributed by atoms with Crippen LogP contribution < -0.4 is 10.9 Å². The largest absolute Gasteiger partial charge is 0.422 e. The van der Waals surface area contributed by atoms with Gasteiger partial charge in [-0.1, -0.05) is 18.2 Å². The molecule has 0 radical (unpaired) electrons. The monoisotopic (exact) mass is 485 g/mol. The van der Waals surface area contributed by atoms with Crippen LogP contribution in [0.15, 0.2) is 51.7 Å². The average Bonchev–Trinajstić information content (AvgIpc) is 3.22. The fourth-order valence-corrected chi connectivity index (χ4v) is 6.44. The predicted octanol–water partition coefficient (Wildman–Crippen LogP) is 4.83. The number of fused-ring (bicyclic) bond motifs is 7. The Balaban J connectivity index is 1.20. The summed E-state index contributed by atoms with van der Waals surface area (Å²) < 4.78 is 5.78. The summed E-state index contributed by atoms with van der Waals surface area (Å²) in [5.41, 5.74) is 4.46. The number of anilines is 1. The Hall–Kier alpha value is -2.96. The Kier molecular flexibility index (Phi) is 6.40. The second kappa shape index (κ2) is 9.83. The van der Waals surface area contributed by atoms with Crippen molar-refractivity contribution in [1.82, 2.24) is 9.80 Å². The molecule has 3 fully saturated rings. The Morgan fingerprint density at radius 2 is 1.67 bits per heavy atom. The Bertz CT molecular complexity index is 1310. The summed E-state index contributed by atoms with van der Waals surface area (Å²) in [6, 6.07) is 13.1. The Labute approximate surface area is 212 Å². The molecule has 0 atom stereocenters. The van der Waals surface area contributed by atoms with Gasteiger partial charge in [-0.3, -0.25) is 9.69 Å². The van der Waals surface area contributed by atoms with Crippen molar-refractivity contribution in [3.05, 3.63) is 75.1 Å². The molecule has 1 aromatic heterocycles. The van der Waals surface area contributed by atoms with Crippen LogP contribution in [-0.4, -0.2) is 48.4 Å². The van der Waals surface area contributed by atoms with E-state index in [1.807, 2.05) is 37.3 Å². The lowest BCUT2D eigenvalue weighted by Gasteiger charge is -2.31. The number of carbonyl (C=O) groups excluding carboxylic acids is 1. The third kappa shape index (κ3) is 4.72. The number of benzene rings is 2. The number of carbonyl (C=O) groups is 1. The molecule has 7 rings (SSSR count). The van der Waals surface area contributed by atoms with Gasteiger partial charge in [-0.2, -0.15) is 0 Å². The number of hydrogen-bond donors (Lipinski definition) is 1. The van der Waals surface area contributed by atoms with E-state index in [1.54, 1.807) is 12.1 Å². The van der Waals surface area contributed by atoms with Gasteiger partial charge in [0.2, 0.25) is 0 Å². The Morgan fingerprint density at radius 3 is 2.39 bits per heavy atom. The van der Waals surface area contributed by atoms with Gasteiger partial charge < -0.3 is 14.6 Å². The fraction of sp³-hybridized carbons (Fsp3) is 0.467. The summed E-state index contributed by atoms with van der Waals surface area (Å²) in [7, 11) is 0. The van der Waals surface area contributed by atoms with E-state index in [2.05, 4.69) is 15.1 Å². The number of amides is 1. The van der Waals surface area contributed by atoms with E-state index in [0.717, 1.165) is 65.7 Å². The first kappa shape index (κ1) is 23.4. The molecule has 1 aliphatic carbocycles. The Morgan fingerprint density at radius 1 is 0.972 bits per heavy atom. The number of aryl methyl sites for hydroxylation is 1. The maximum Gasteiger partial charge on any atom is 0.341 e. The molecule has 2 bridgehead atoms. The van der Waals surface area contributed by atoms with E-state index in [4.69, 9.17) is 4.42 Å². The molecule has 36 heavy (non-hydrogen) atoms. The molecule has 6 nitrogen and oxygen atoms in total. The first-order valence-electron chi connectivity index (χ1n) is 13.4. The summed E-state index contributed by atoms with van der Waals surface area (Å²) in [5, 5.41) is 3.98. The minimum Gasteiger partial charge on any atom is -0.422 e. The number of hydrogen-bond acceptors (Lipinski definition) is 5. The molecule has 0 spiro atoms. The highest BCUT2D eigenvalue weighted by molar-refractivity contribution is 6.05. The highest BCUT2D eigenvalue weighted by Gasteiger charge is 2.30. The van der Waals surface area contributed by atoms with Crippen LogP contribution in [0.5, 0.6) is 0 Å². The van der Waals surface area contributed by atoms with Crippen LogP contribution in [0, 0.1) is 18.8 Å². The van der Waals surface area contributed by atoms with E-state index in [0.29, 0.717) is 17.7 Å². The number of nitrogens with one attached hydrogen (secondary N) is 1. The molecular formula is C30H35N3O3. The van der Waals surface area contributed by atoms with Crippen LogP contribution in [-0.2, 0) is 13.0 Å². The second-order valence-electron chi connectivity index (χ2n) is 11.0. The van der Waals surface area contributed by atoms with Gasteiger partial charge in [-0.15, -0.1) is 0 Å². The van der Waals surface area contributed by atoms with Crippen LogP contribution in [0.25, 0.3) is 11.0 Å². The SMILES string of the molecule is Cc1cc2oc(=O)c3c(c2cc1NC(=O)c1ccccc1)CCN(CCN1CC2CCC(CC2)C1)C3. The minimum absolute atomic E-state index is 0.141. The van der Waals surface area contributed by atoms with Gasteiger partial charge in [0.25, 0.3) is 5.91 Å². The van der Waals surface area contributed by atoms with Crippen molar-refractivity contribution in [3.63, 3.8) is 0 Å². The normalized spacial score (nSPS) is 22.4. The molecule has 1 N–H and O–H groups in total. The molecule has 0 unspecified atom stereocenters. The topological polar surface area (TPSA) is 65.8 Å². The van der Waals surface area contributed by atoms with Crippen molar-refractivity contribution in [3.8, 4) is 0 Å². The highest BCUT2D eigenvalue weighted by atomic mass is 16.4. The van der Waals surface area contributed by atoms with Crippen LogP contribution in [0.3, 0.4) is 0 Å². The fourth-order valence-electron chi connectivity index (χ4n) is 6.44. The van der Waals surface area contributed by atoms with Crippen molar-refractivity contribution in [1.29, 1.82) is 0 Å². The standard InChI is InChI=1S/C30H35N3O3/c1-20-15-28-25(16-27(20)31-29(34)23-5-3-2-4-6-23)24-11-12-32(19-26(24)30(35)36-28)13-14-33-17-21-7-8-22(18-33)10-9-21/h2-6,15-16,21-22H,7-14,17-19H2,1H3,(H,31,34). The third-order valence-electron chi connectivity index (χ3n) is 8.54. The molecule has 4 heterocycles. The van der Waals surface area contributed by atoms with Gasteiger partial charge in [0.1, 0.15) is 5.58 Å². The zero-order chi connectivity index (χ0) is 24.6. The first-order valence-corrected chi connectivity index (χ1v) is 13.4. The average molecular weight is 486 g/mol. The van der Waals surface area contributed by atoms with Crippen molar-refractivity contribution >= 4 is 22.6 Å². The molecule has 188 valence electrons. The van der Waals surface area contributed by atoms with Crippen molar-refractivity contribution < 1.29 is 9.21 Å². The number of nitrogens with zero attached hydrogens (tertiary/aromatic N) is 2. The number of rotatable bonds is 5. The zero-order valence-corrected chi connectivity index (χ0v) is 21.1. The third-order valence-corrected chi connectivity index (χ3v) is 8.54. The van der Waals surface area contributed by atoms with Gasteiger partial charge in [-0.25, -0.2) is 4.79 Å². The lowest BCUT2D eigenvalue weighted by molar-refractivity contribution is 0.102. The lowest BCUT2D eigenvalue weighted by Crippen LogP contribution is -2.40. The van der Waals surface area contributed by atoms with Gasteiger partial charge in [0.05, 0.1) is 5.56 Å². The van der Waals surface area contributed by atoms with Crippen molar-refractivity contribution in [2.75, 3.05) is 38.0 Å². The van der Waals surface area contributed by atoms with Gasteiger partial charge in [0.15, 0.2) is 0 Å². The molecular weight excluding hydrogens is 450 g/mol. The summed E-state index contributed by atoms with van der Waals surface area (Å²) in [6.07, 6.45) is 6.43. The predicted molar refractivity (Wildman–Crippen MR) is 142 cm³/mol. The summed E-state index contributed by atoms with van der Waals surface area (Å²) in [4.78, 5) is 30.8. The smallest absolute Gasteiger partial charge is 0.341 e. The molecule has 1 saturated carbocycles. The lowest BCUT2D eigenvalue weighted by atomic mass is 9.84. The highest BCUT2D eigenvalue weighted by Crippen LogP contribution is 2.34. The summed E-state index contributed by atoms with van der Waals surface area (Å²) in [5.74, 6) is 1.62. The molecule has 2 saturated heterocycles. The molecule has 3 aromatic rings. The van der Waals surface area contributed by atoms with Crippen LogP contribution in [0.4, 0.5) is 5.69 Å². The van der Waals surface area contributed by atoms with E-state index >= 15 is 0 Å². The molecule has 6 heteroatoms. The van der Waals surface area contributed by atoms with E-state index in [-0.39, 0.29) is 11.5 Å². The van der Waals surface area contributed by atoms with Gasteiger partial charge in [0, 0.05) is 55.9 Å². The molecule has 2 aromatic carbocycles. The molecule has 4 aliphatic rings. The van der Waals surface area contributed by atoms with Crippen LogP contribution in [0.1, 0.15) is 52.7 Å². The van der Waals surface area contributed by atoms with Crippen LogP contribution >= 0.6 is 0 Å². The summed E-state index contributed by atoms with van der Waals surface area (Å²) >= 11 is 0. The van der Waals surface area contributed by atoms with Gasteiger partial charge >= 0.3 is 5.63 Å². The molecule has 1 amide bonds. The van der Waals surface area contributed by atoms with E-state index < -0.39 is 0 Å². The molecule has 3 aliphatic heterocycles. The zero-order valence-electron chi connectivity index (χ0n) is 21.1. The second-order valence-corrected chi connectivity index (χ2v) is 11.0. The van der Waals surface area contributed by atoms with E-state index in [1.165, 1.54) is 38.8 Å². The first-order chi connectivity index (χ1) is 17.5. The maximum absolute atomic E-state index is 13.0. The minimum atomic E-state index is -0.226. The van der Waals surface area contributed by atoms with Crippen molar-refractivity contribution in [2.24, 2.45) is 11.8 Å². The quantitative estimate of drug-likeness (QED) is 0.524. The van der Waals surface area contributed by atoms with Crippen molar-refractivity contribution in [2.45, 2.75) is 45.6 Å². The van der Waals surface area contributed by atoms with Gasteiger partial charge in [-0.05, 0) is 86.3 Å². The van der Waals surface area contributed by atoms with Crippen LogP contribution in [0.2, 0.25) is 0 Å². The summed E-state index contributed by atoms with van der Waals surface area (Å²) in [6.45, 7) is 8.05.